The molecule has 4 rings (SSSR count). The first-order valence-corrected chi connectivity index (χ1v) is 11.0. The highest BCUT2D eigenvalue weighted by atomic mass is 79.9. The molecule has 1 N–H and O–H groups in total. The number of methoxy groups -OCH3 is 1. The lowest BCUT2D eigenvalue weighted by Crippen LogP contribution is -2.36. The van der Waals surface area contributed by atoms with Gasteiger partial charge in [-0.1, -0.05) is 22.0 Å². The largest absolute Gasteiger partial charge is 0.497 e. The number of nitrogens with one attached hydrogen (secondary N) is 1. The summed E-state index contributed by atoms with van der Waals surface area (Å²) in [6, 6.07) is 12.3. The van der Waals surface area contributed by atoms with E-state index in [1.165, 1.54) is 11.1 Å². The van der Waals surface area contributed by atoms with E-state index in [0.29, 0.717) is 19.6 Å². The normalized spacial score (nSPS) is 18.8. The highest BCUT2D eigenvalue weighted by molar-refractivity contribution is 9.10. The van der Waals surface area contributed by atoms with Gasteiger partial charge in [0.1, 0.15) is 5.75 Å². The molecule has 6 heteroatoms. The van der Waals surface area contributed by atoms with Crippen molar-refractivity contribution in [3.05, 3.63) is 52.0 Å². The maximum Gasteiger partial charge on any atom is 0.225 e. The van der Waals surface area contributed by atoms with Crippen molar-refractivity contribution in [3.8, 4) is 5.75 Å². The minimum Gasteiger partial charge on any atom is -0.497 e. The van der Waals surface area contributed by atoms with Crippen LogP contribution in [0.25, 0.3) is 0 Å². The average Bonchev–Trinajstić information content (AvgIpc) is 2.74. The zero-order chi connectivity index (χ0) is 20.2. The Balaban J connectivity index is 1.49. The second-order valence-corrected chi connectivity index (χ2v) is 8.58. The van der Waals surface area contributed by atoms with E-state index >= 15 is 0 Å². The number of hydrogen-bond acceptors (Lipinski definition) is 4. The zero-order valence-corrected chi connectivity index (χ0v) is 18.3. The zero-order valence-electron chi connectivity index (χ0n) is 16.7. The molecular weight excluding hydrogens is 432 g/mol. The first-order valence-electron chi connectivity index (χ1n) is 10.2. The predicted molar refractivity (Wildman–Crippen MR) is 119 cm³/mol. The molecule has 1 heterocycles. The number of amides is 1. The van der Waals surface area contributed by atoms with Gasteiger partial charge in [-0.05, 0) is 66.6 Å². The maximum atomic E-state index is 13.0. The molecule has 0 bridgehead atoms. The van der Waals surface area contributed by atoms with Crippen LogP contribution >= 0.6 is 15.9 Å². The number of benzene rings is 2. The Morgan fingerprint density at radius 3 is 2.86 bits per heavy atom. The number of halogens is 1. The summed E-state index contributed by atoms with van der Waals surface area (Å²) in [7, 11) is 1.69. The van der Waals surface area contributed by atoms with E-state index in [4.69, 9.17) is 9.47 Å². The van der Waals surface area contributed by atoms with Crippen molar-refractivity contribution in [2.75, 3.05) is 43.6 Å². The van der Waals surface area contributed by atoms with Gasteiger partial charge in [-0.2, -0.15) is 0 Å². The van der Waals surface area contributed by atoms with Gasteiger partial charge in [0, 0.05) is 24.0 Å². The Labute approximate surface area is 180 Å². The summed E-state index contributed by atoms with van der Waals surface area (Å²) in [4.78, 5) is 15.2. The van der Waals surface area contributed by atoms with Crippen LogP contribution in [0.15, 0.2) is 40.9 Å². The lowest BCUT2D eigenvalue weighted by atomic mass is 9.81. The number of morpholine rings is 1. The molecule has 0 spiro atoms. The number of hydrogen-bond donors (Lipinski definition) is 1. The molecule has 29 heavy (non-hydrogen) atoms. The first kappa shape index (κ1) is 20.2. The van der Waals surface area contributed by atoms with E-state index in [9.17, 15) is 4.79 Å². The number of nitrogens with zero attached hydrogens (tertiary/aromatic N) is 1. The number of rotatable bonds is 5. The highest BCUT2D eigenvalue weighted by Gasteiger charge is 2.24. The van der Waals surface area contributed by atoms with Crippen molar-refractivity contribution in [1.82, 2.24) is 0 Å². The molecule has 0 radical (unpaired) electrons. The number of carbonyl (C=O) groups is 1. The van der Waals surface area contributed by atoms with Gasteiger partial charge in [-0.25, -0.2) is 0 Å². The molecule has 2 aromatic carbocycles. The molecule has 5 nitrogen and oxygen atoms in total. The van der Waals surface area contributed by atoms with Crippen molar-refractivity contribution in [2.45, 2.75) is 31.6 Å². The summed E-state index contributed by atoms with van der Waals surface area (Å²) in [5.74, 6) is 1.20. The van der Waals surface area contributed by atoms with Gasteiger partial charge in [-0.15, -0.1) is 0 Å². The molecule has 0 saturated carbocycles. The predicted octanol–water partition coefficient (Wildman–Crippen LogP) is 4.74. The molecule has 1 aliphatic carbocycles. The summed E-state index contributed by atoms with van der Waals surface area (Å²) in [5.41, 5.74) is 4.51. The number of aryl methyl sites for hydroxylation is 1. The van der Waals surface area contributed by atoms with Crippen molar-refractivity contribution in [3.63, 3.8) is 0 Å². The first-order chi connectivity index (χ1) is 14.1. The molecule has 1 fully saturated rings. The fourth-order valence-corrected chi connectivity index (χ4v) is 4.70. The van der Waals surface area contributed by atoms with Crippen LogP contribution in [0.2, 0.25) is 0 Å². The van der Waals surface area contributed by atoms with Gasteiger partial charge in [0.05, 0.1) is 31.7 Å². The van der Waals surface area contributed by atoms with E-state index in [2.05, 4.69) is 44.3 Å². The van der Waals surface area contributed by atoms with Crippen LogP contribution in [-0.4, -0.2) is 39.3 Å². The molecule has 1 amide bonds. The van der Waals surface area contributed by atoms with Gasteiger partial charge in [-0.3, -0.25) is 4.79 Å². The third-order valence-electron chi connectivity index (χ3n) is 5.80. The van der Waals surface area contributed by atoms with Crippen LogP contribution in [0, 0.1) is 0 Å². The van der Waals surface area contributed by atoms with E-state index < -0.39 is 0 Å². The topological polar surface area (TPSA) is 50.8 Å². The maximum absolute atomic E-state index is 13.0. The summed E-state index contributed by atoms with van der Waals surface area (Å²) < 4.78 is 11.8. The lowest BCUT2D eigenvalue weighted by Gasteiger charge is -2.31. The molecule has 154 valence electrons. The summed E-state index contributed by atoms with van der Waals surface area (Å²) in [6.07, 6.45) is 3.70. The Kier molecular flexibility index (Phi) is 6.40. The van der Waals surface area contributed by atoms with Gasteiger partial charge in [0.15, 0.2) is 0 Å². The van der Waals surface area contributed by atoms with Gasteiger partial charge < -0.3 is 19.7 Å². The van der Waals surface area contributed by atoms with Crippen LogP contribution in [0.4, 0.5) is 11.4 Å². The average molecular weight is 459 g/mol. The third-order valence-corrected chi connectivity index (χ3v) is 6.30. The fourth-order valence-electron chi connectivity index (χ4n) is 4.34. The van der Waals surface area contributed by atoms with Crippen LogP contribution in [0.5, 0.6) is 5.75 Å². The second-order valence-electron chi connectivity index (χ2n) is 7.67. The number of fused-ring (bicyclic) bond motifs is 1. The van der Waals surface area contributed by atoms with Crippen molar-refractivity contribution in [2.24, 2.45) is 0 Å². The fraction of sp³-hybridized carbons (Fsp3) is 0.435. The van der Waals surface area contributed by atoms with Gasteiger partial charge >= 0.3 is 0 Å². The molecule has 2 aliphatic rings. The van der Waals surface area contributed by atoms with Crippen molar-refractivity contribution < 1.29 is 14.3 Å². The van der Waals surface area contributed by atoms with E-state index in [1.54, 1.807) is 7.11 Å². The minimum atomic E-state index is 0.0614. The van der Waals surface area contributed by atoms with E-state index in [0.717, 1.165) is 53.9 Å². The van der Waals surface area contributed by atoms with Crippen LogP contribution in [-0.2, 0) is 16.0 Å². The molecule has 1 saturated heterocycles. The number of ether oxygens (including phenoxy) is 2. The SMILES string of the molecule is COc1ccc2c(c1)CCCC2CC(=O)Nc1cc(Br)ccc1N1CCOCC1. The Hall–Kier alpha value is -2.05. The number of anilines is 2. The molecule has 2 aromatic rings. The van der Waals surface area contributed by atoms with E-state index in [1.807, 2.05) is 18.2 Å². The molecule has 0 aromatic heterocycles. The highest BCUT2D eigenvalue weighted by Crippen LogP contribution is 2.37. The quantitative estimate of drug-likeness (QED) is 0.702. The Morgan fingerprint density at radius 1 is 1.24 bits per heavy atom. The lowest BCUT2D eigenvalue weighted by molar-refractivity contribution is -0.116. The third kappa shape index (κ3) is 4.75. The minimum absolute atomic E-state index is 0.0614. The molecule has 1 atom stereocenters. The van der Waals surface area contributed by atoms with Crippen molar-refractivity contribution >= 4 is 33.2 Å². The Morgan fingerprint density at radius 2 is 2.07 bits per heavy atom. The van der Waals surface area contributed by atoms with Crippen LogP contribution < -0.4 is 15.0 Å². The van der Waals surface area contributed by atoms with E-state index in [-0.39, 0.29) is 11.8 Å². The molecular formula is C23H27BrN2O3. The monoisotopic (exact) mass is 458 g/mol. The molecule has 1 unspecified atom stereocenters. The second kappa shape index (κ2) is 9.18. The van der Waals surface area contributed by atoms with Crippen molar-refractivity contribution in [1.29, 1.82) is 0 Å². The van der Waals surface area contributed by atoms with Gasteiger partial charge in [0.25, 0.3) is 0 Å². The number of carbonyl (C=O) groups excluding carboxylic acids is 1. The van der Waals surface area contributed by atoms with Crippen LogP contribution in [0.3, 0.4) is 0 Å². The smallest absolute Gasteiger partial charge is 0.225 e. The summed E-state index contributed by atoms with van der Waals surface area (Å²) in [5, 5.41) is 3.17. The Bertz CT molecular complexity index is 880. The summed E-state index contributed by atoms with van der Waals surface area (Å²) in [6.45, 7) is 3.10. The van der Waals surface area contributed by atoms with Crippen LogP contribution in [0.1, 0.15) is 36.3 Å². The standard InChI is InChI=1S/C23H27BrN2O3/c1-28-19-6-7-20-16(13-19)3-2-4-17(20)14-23(27)25-21-15-18(24)5-8-22(21)26-9-11-29-12-10-26/h5-8,13,15,17H,2-4,9-12,14H2,1H3,(H,25,27). The summed E-state index contributed by atoms with van der Waals surface area (Å²) >= 11 is 3.54. The van der Waals surface area contributed by atoms with Gasteiger partial charge in [0.2, 0.25) is 5.91 Å². The molecule has 1 aliphatic heterocycles.